The first kappa shape index (κ1) is 13.5. The van der Waals surface area contributed by atoms with Crippen molar-refractivity contribution in [2.45, 2.75) is 6.54 Å². The molecule has 0 saturated heterocycles. The number of nitrogen functional groups attached to an aromatic ring is 1. The van der Waals surface area contributed by atoms with Crippen molar-refractivity contribution < 1.29 is 4.79 Å². The molecule has 2 rings (SSSR count). The second-order valence-electron chi connectivity index (χ2n) is 4.25. The average Bonchev–Trinajstić information content (AvgIpc) is 2.42. The molecule has 1 aromatic carbocycles. The van der Waals surface area contributed by atoms with Gasteiger partial charge in [-0.1, -0.05) is 15.9 Å². The number of halogens is 1. The summed E-state index contributed by atoms with van der Waals surface area (Å²) in [5.74, 6) is -0.101. The summed E-state index contributed by atoms with van der Waals surface area (Å²) in [6.07, 6.45) is 3.42. The molecular formula is C14H14BrN3O. The monoisotopic (exact) mass is 319 g/mol. The van der Waals surface area contributed by atoms with Crippen LogP contribution in [-0.4, -0.2) is 22.8 Å². The molecule has 0 spiro atoms. The Kier molecular flexibility index (Phi) is 4.16. The number of pyridine rings is 1. The molecule has 0 fully saturated rings. The van der Waals surface area contributed by atoms with Crippen LogP contribution in [0.4, 0.5) is 5.69 Å². The fraction of sp³-hybridized carbons (Fsp3) is 0.143. The lowest BCUT2D eigenvalue weighted by atomic mass is 10.1. The first-order valence-corrected chi connectivity index (χ1v) is 6.56. The molecule has 4 nitrogen and oxygen atoms in total. The summed E-state index contributed by atoms with van der Waals surface area (Å²) in [5, 5.41) is 0. The maximum Gasteiger partial charge on any atom is 0.256 e. The van der Waals surface area contributed by atoms with Gasteiger partial charge in [-0.2, -0.15) is 0 Å². The lowest BCUT2D eigenvalue weighted by Crippen LogP contribution is -2.27. The second kappa shape index (κ2) is 5.84. The molecule has 0 aliphatic carbocycles. The highest BCUT2D eigenvalue weighted by Gasteiger charge is 2.15. The molecule has 0 bridgehead atoms. The standard InChI is InChI=1S/C14H14BrN3O/c1-18(9-10-4-6-17-7-5-10)14(19)12-8-11(15)2-3-13(12)16/h2-8H,9,16H2,1H3. The third-order valence-corrected chi connectivity index (χ3v) is 3.25. The van der Waals surface area contributed by atoms with Gasteiger partial charge in [0.25, 0.3) is 5.91 Å². The van der Waals surface area contributed by atoms with Crippen LogP contribution < -0.4 is 5.73 Å². The predicted octanol–water partition coefficient (Wildman–Crippen LogP) is 2.70. The molecule has 0 unspecified atom stereocenters. The van der Waals surface area contributed by atoms with E-state index in [1.54, 1.807) is 36.5 Å². The first-order valence-electron chi connectivity index (χ1n) is 5.77. The third-order valence-electron chi connectivity index (χ3n) is 2.76. The molecule has 1 amide bonds. The van der Waals surface area contributed by atoms with Gasteiger partial charge in [0, 0.05) is 36.1 Å². The van der Waals surface area contributed by atoms with Crippen molar-refractivity contribution in [2.75, 3.05) is 12.8 Å². The van der Waals surface area contributed by atoms with Gasteiger partial charge in [0.05, 0.1) is 5.56 Å². The van der Waals surface area contributed by atoms with Crippen molar-refractivity contribution >= 4 is 27.5 Å². The van der Waals surface area contributed by atoms with Crippen molar-refractivity contribution in [1.29, 1.82) is 0 Å². The van der Waals surface area contributed by atoms with E-state index >= 15 is 0 Å². The number of rotatable bonds is 3. The molecule has 0 saturated carbocycles. The molecule has 98 valence electrons. The van der Waals surface area contributed by atoms with E-state index < -0.39 is 0 Å². The SMILES string of the molecule is CN(Cc1ccncc1)C(=O)c1cc(Br)ccc1N. The van der Waals surface area contributed by atoms with Crippen molar-refractivity contribution in [3.8, 4) is 0 Å². The van der Waals surface area contributed by atoms with Gasteiger partial charge in [-0.05, 0) is 35.9 Å². The van der Waals surface area contributed by atoms with Gasteiger partial charge in [-0.15, -0.1) is 0 Å². The summed E-state index contributed by atoms with van der Waals surface area (Å²) in [4.78, 5) is 17.9. The molecule has 0 aliphatic heterocycles. The minimum Gasteiger partial charge on any atom is -0.398 e. The van der Waals surface area contributed by atoms with Crippen LogP contribution in [0.5, 0.6) is 0 Å². The zero-order valence-electron chi connectivity index (χ0n) is 10.5. The van der Waals surface area contributed by atoms with E-state index in [0.717, 1.165) is 10.0 Å². The fourth-order valence-corrected chi connectivity index (χ4v) is 2.11. The van der Waals surface area contributed by atoms with Crippen molar-refractivity contribution in [2.24, 2.45) is 0 Å². The largest absolute Gasteiger partial charge is 0.398 e. The zero-order valence-corrected chi connectivity index (χ0v) is 12.1. The Morgan fingerprint density at radius 2 is 2.00 bits per heavy atom. The smallest absolute Gasteiger partial charge is 0.256 e. The predicted molar refractivity (Wildman–Crippen MR) is 78.6 cm³/mol. The number of aromatic nitrogens is 1. The maximum atomic E-state index is 12.3. The summed E-state index contributed by atoms with van der Waals surface area (Å²) in [6, 6.07) is 9.04. The Labute approximate surface area is 120 Å². The summed E-state index contributed by atoms with van der Waals surface area (Å²) in [7, 11) is 1.75. The Bertz CT molecular complexity index is 586. The topological polar surface area (TPSA) is 59.2 Å². The number of nitrogens with two attached hydrogens (primary N) is 1. The summed E-state index contributed by atoms with van der Waals surface area (Å²) >= 11 is 3.35. The van der Waals surface area contributed by atoms with Gasteiger partial charge in [0.2, 0.25) is 0 Å². The van der Waals surface area contributed by atoms with E-state index in [1.807, 2.05) is 18.2 Å². The van der Waals surface area contributed by atoms with Crippen molar-refractivity contribution in [3.63, 3.8) is 0 Å². The average molecular weight is 320 g/mol. The maximum absolute atomic E-state index is 12.3. The van der Waals surface area contributed by atoms with E-state index in [0.29, 0.717) is 17.8 Å². The Morgan fingerprint density at radius 1 is 1.32 bits per heavy atom. The van der Waals surface area contributed by atoms with E-state index in [9.17, 15) is 4.79 Å². The first-order chi connectivity index (χ1) is 9.08. The molecule has 2 aromatic rings. The van der Waals surface area contributed by atoms with Gasteiger partial charge in [-0.25, -0.2) is 0 Å². The summed E-state index contributed by atoms with van der Waals surface area (Å²) in [6.45, 7) is 0.521. The number of benzene rings is 1. The van der Waals surface area contributed by atoms with Gasteiger partial charge in [0.15, 0.2) is 0 Å². The van der Waals surface area contributed by atoms with Crippen LogP contribution in [0.25, 0.3) is 0 Å². The minimum atomic E-state index is -0.101. The highest BCUT2D eigenvalue weighted by Crippen LogP contribution is 2.20. The highest BCUT2D eigenvalue weighted by molar-refractivity contribution is 9.10. The molecule has 19 heavy (non-hydrogen) atoms. The lowest BCUT2D eigenvalue weighted by Gasteiger charge is -2.18. The molecule has 2 N–H and O–H groups in total. The van der Waals surface area contributed by atoms with Crippen LogP contribution in [0.1, 0.15) is 15.9 Å². The van der Waals surface area contributed by atoms with Crippen LogP contribution in [-0.2, 0) is 6.54 Å². The Balaban J connectivity index is 2.17. The minimum absolute atomic E-state index is 0.101. The molecule has 1 heterocycles. The number of nitrogens with zero attached hydrogens (tertiary/aromatic N) is 2. The molecule has 5 heteroatoms. The van der Waals surface area contributed by atoms with Crippen LogP contribution >= 0.6 is 15.9 Å². The number of hydrogen-bond acceptors (Lipinski definition) is 3. The molecular weight excluding hydrogens is 306 g/mol. The zero-order chi connectivity index (χ0) is 13.8. The van der Waals surface area contributed by atoms with Crippen LogP contribution in [0.15, 0.2) is 47.2 Å². The third kappa shape index (κ3) is 3.32. The summed E-state index contributed by atoms with van der Waals surface area (Å²) in [5.41, 5.74) is 7.86. The lowest BCUT2D eigenvalue weighted by molar-refractivity contribution is 0.0786. The van der Waals surface area contributed by atoms with E-state index in [-0.39, 0.29) is 5.91 Å². The number of hydrogen-bond donors (Lipinski definition) is 1. The van der Waals surface area contributed by atoms with Crippen molar-refractivity contribution in [3.05, 3.63) is 58.3 Å². The number of anilines is 1. The fourth-order valence-electron chi connectivity index (χ4n) is 1.75. The van der Waals surface area contributed by atoms with E-state index in [1.165, 1.54) is 0 Å². The quantitative estimate of drug-likeness (QED) is 0.885. The second-order valence-corrected chi connectivity index (χ2v) is 5.16. The number of carbonyl (C=O) groups is 1. The summed E-state index contributed by atoms with van der Waals surface area (Å²) < 4.78 is 0.836. The van der Waals surface area contributed by atoms with E-state index in [4.69, 9.17) is 5.73 Å². The Hall–Kier alpha value is -1.88. The van der Waals surface area contributed by atoms with Crippen molar-refractivity contribution in [1.82, 2.24) is 9.88 Å². The Morgan fingerprint density at radius 3 is 2.68 bits per heavy atom. The number of carbonyl (C=O) groups excluding carboxylic acids is 1. The van der Waals surface area contributed by atoms with Crippen LogP contribution in [0, 0.1) is 0 Å². The van der Waals surface area contributed by atoms with Crippen LogP contribution in [0.3, 0.4) is 0 Å². The molecule has 1 aromatic heterocycles. The highest BCUT2D eigenvalue weighted by atomic mass is 79.9. The van der Waals surface area contributed by atoms with E-state index in [2.05, 4.69) is 20.9 Å². The number of amides is 1. The molecule has 0 aliphatic rings. The molecule has 0 atom stereocenters. The van der Waals surface area contributed by atoms with Crippen LogP contribution in [0.2, 0.25) is 0 Å². The van der Waals surface area contributed by atoms with Gasteiger partial charge in [0.1, 0.15) is 0 Å². The van der Waals surface area contributed by atoms with Gasteiger partial charge >= 0.3 is 0 Å². The van der Waals surface area contributed by atoms with Gasteiger partial charge in [-0.3, -0.25) is 9.78 Å². The molecule has 0 radical (unpaired) electrons. The van der Waals surface area contributed by atoms with Gasteiger partial charge < -0.3 is 10.6 Å². The normalized spacial score (nSPS) is 10.2.